The molecule has 2 amide bonds. The van der Waals surface area contributed by atoms with Crippen molar-refractivity contribution in [2.75, 3.05) is 0 Å². The van der Waals surface area contributed by atoms with Crippen molar-refractivity contribution in [1.82, 2.24) is 10.9 Å². The standard InChI is InChI=1S/C22H19N7O4/c23-22-20(27-25-18(31)15-29-11-5-2-6-12-29)19(21(33-22)16-8-7-13-32-16)26-24-17(30)14-28-9-3-1-4-10-28/h1-13,21H,14-15H2,(H-2,23,24,25,26,27,30,31)/p+2/t21-/m0/s1. The second-order valence-corrected chi connectivity index (χ2v) is 6.97. The molecule has 4 rings (SSSR count). The van der Waals surface area contributed by atoms with Crippen molar-refractivity contribution in [3.63, 3.8) is 0 Å². The lowest BCUT2D eigenvalue weighted by Crippen LogP contribution is -2.42. The fourth-order valence-corrected chi connectivity index (χ4v) is 3.05. The Morgan fingerprint density at radius 3 is 2.00 bits per heavy atom. The molecule has 0 bridgehead atoms. The number of hydrogen-bond donors (Lipinski definition) is 3. The third-order valence-corrected chi connectivity index (χ3v) is 4.54. The van der Waals surface area contributed by atoms with Crippen LogP contribution in [0.15, 0.2) is 94.2 Å². The number of carbonyl (C=O) groups is 2. The van der Waals surface area contributed by atoms with Gasteiger partial charge < -0.3 is 9.15 Å². The summed E-state index contributed by atoms with van der Waals surface area (Å²) in [4.78, 5) is 24.6. The van der Waals surface area contributed by atoms with Gasteiger partial charge >= 0.3 is 11.8 Å². The molecule has 1 aliphatic heterocycles. The minimum atomic E-state index is -0.892. The average molecular weight is 447 g/mol. The van der Waals surface area contributed by atoms with Gasteiger partial charge in [-0.1, -0.05) is 12.1 Å². The van der Waals surface area contributed by atoms with Gasteiger partial charge in [-0.2, -0.15) is 19.3 Å². The molecule has 3 aromatic heterocycles. The van der Waals surface area contributed by atoms with Crippen LogP contribution in [0.2, 0.25) is 0 Å². The van der Waals surface area contributed by atoms with Crippen LogP contribution in [0, 0.1) is 5.41 Å². The SMILES string of the molecule is N=C1O[C@@H](c2ccco2)C(=N/NC(=O)C[n+]2ccccc2)/C1=N\NC(=O)C[n+]1ccccc1. The van der Waals surface area contributed by atoms with Crippen LogP contribution in [0.1, 0.15) is 11.9 Å². The van der Waals surface area contributed by atoms with Crippen LogP contribution in [-0.4, -0.2) is 29.1 Å². The third-order valence-electron chi connectivity index (χ3n) is 4.54. The predicted molar refractivity (Wildman–Crippen MR) is 115 cm³/mol. The van der Waals surface area contributed by atoms with Crippen molar-refractivity contribution in [1.29, 1.82) is 5.41 Å². The largest absolute Gasteiger partial charge is 0.465 e. The van der Waals surface area contributed by atoms with E-state index in [1.54, 1.807) is 70.3 Å². The molecule has 0 radical (unpaired) electrons. The molecule has 11 nitrogen and oxygen atoms in total. The van der Waals surface area contributed by atoms with Crippen molar-refractivity contribution < 1.29 is 27.9 Å². The molecule has 0 unspecified atom stereocenters. The fourth-order valence-electron chi connectivity index (χ4n) is 3.05. The number of furan rings is 1. The predicted octanol–water partition coefficient (Wildman–Crippen LogP) is 0.248. The number of hydrogen-bond acceptors (Lipinski definition) is 7. The summed E-state index contributed by atoms with van der Waals surface area (Å²) < 4.78 is 14.3. The van der Waals surface area contributed by atoms with Crippen LogP contribution in [0.5, 0.6) is 0 Å². The molecule has 0 aromatic carbocycles. The van der Waals surface area contributed by atoms with E-state index in [4.69, 9.17) is 14.6 Å². The van der Waals surface area contributed by atoms with Gasteiger partial charge in [0.25, 0.3) is 0 Å². The molecule has 4 heterocycles. The minimum absolute atomic E-state index is 0.0181. The molecular formula is C22H21N7O4+2. The van der Waals surface area contributed by atoms with Gasteiger partial charge in [0.05, 0.1) is 6.26 Å². The molecule has 3 N–H and O–H groups in total. The van der Waals surface area contributed by atoms with Crippen molar-refractivity contribution in [3.8, 4) is 0 Å². The van der Waals surface area contributed by atoms with Gasteiger partial charge in [-0.25, -0.2) is 10.9 Å². The van der Waals surface area contributed by atoms with Crippen LogP contribution in [0.3, 0.4) is 0 Å². The first-order valence-electron chi connectivity index (χ1n) is 10.0. The molecule has 1 aliphatic rings. The van der Waals surface area contributed by atoms with E-state index in [1.165, 1.54) is 6.26 Å². The van der Waals surface area contributed by atoms with Gasteiger partial charge in [-0.3, -0.25) is 15.0 Å². The summed E-state index contributed by atoms with van der Waals surface area (Å²) in [5.74, 6) is -0.730. The number of pyridine rings is 2. The smallest absolute Gasteiger partial charge is 0.305 e. The summed E-state index contributed by atoms with van der Waals surface area (Å²) in [6.07, 6.45) is 7.55. The number of aromatic nitrogens is 2. The topological polar surface area (TPSA) is 137 Å². The summed E-state index contributed by atoms with van der Waals surface area (Å²) in [6, 6.07) is 14.2. The maximum Gasteiger partial charge on any atom is 0.305 e. The third kappa shape index (κ3) is 5.53. The van der Waals surface area contributed by atoms with Crippen LogP contribution >= 0.6 is 0 Å². The number of nitrogens with one attached hydrogen (secondary N) is 3. The van der Waals surface area contributed by atoms with Gasteiger partial charge in [0.15, 0.2) is 36.3 Å². The second kappa shape index (κ2) is 10.1. The minimum Gasteiger partial charge on any atom is -0.465 e. The highest BCUT2D eigenvalue weighted by Gasteiger charge is 2.39. The Morgan fingerprint density at radius 1 is 0.879 bits per heavy atom. The van der Waals surface area contributed by atoms with Crippen LogP contribution in [-0.2, 0) is 27.4 Å². The highest BCUT2D eigenvalue weighted by Crippen LogP contribution is 2.26. The zero-order valence-corrected chi connectivity index (χ0v) is 17.4. The summed E-state index contributed by atoms with van der Waals surface area (Å²) in [5, 5.41) is 16.3. The number of ether oxygens (including phenoxy) is 1. The van der Waals surface area contributed by atoms with Crippen LogP contribution < -0.4 is 20.0 Å². The van der Waals surface area contributed by atoms with Gasteiger partial charge in [-0.05, 0) is 12.1 Å². The van der Waals surface area contributed by atoms with Crippen LogP contribution in [0.4, 0.5) is 0 Å². The monoisotopic (exact) mass is 447 g/mol. The summed E-state index contributed by atoms with van der Waals surface area (Å²) >= 11 is 0. The Balaban J connectivity index is 1.51. The summed E-state index contributed by atoms with van der Waals surface area (Å²) in [6.45, 7) is 0.0732. The Hall–Kier alpha value is -4.67. The lowest BCUT2D eigenvalue weighted by molar-refractivity contribution is -0.684. The second-order valence-electron chi connectivity index (χ2n) is 6.97. The Kier molecular flexibility index (Phi) is 6.59. The maximum atomic E-state index is 12.4. The number of rotatable bonds is 7. The van der Waals surface area contributed by atoms with E-state index in [9.17, 15) is 9.59 Å². The normalized spacial score (nSPS) is 17.7. The van der Waals surface area contributed by atoms with E-state index in [1.807, 2.05) is 12.1 Å². The van der Waals surface area contributed by atoms with Crippen molar-refractivity contribution >= 4 is 29.1 Å². The molecular weight excluding hydrogens is 426 g/mol. The van der Waals surface area contributed by atoms with E-state index in [-0.39, 0.29) is 36.3 Å². The molecule has 0 aliphatic carbocycles. The first-order valence-corrected chi connectivity index (χ1v) is 10.0. The van der Waals surface area contributed by atoms with Crippen LogP contribution in [0.25, 0.3) is 0 Å². The van der Waals surface area contributed by atoms with E-state index in [2.05, 4.69) is 21.1 Å². The summed E-state index contributed by atoms with van der Waals surface area (Å²) in [7, 11) is 0. The molecule has 33 heavy (non-hydrogen) atoms. The Bertz CT molecular complexity index is 1190. The van der Waals surface area contributed by atoms with E-state index < -0.39 is 12.0 Å². The Morgan fingerprint density at radius 2 is 1.45 bits per heavy atom. The molecule has 166 valence electrons. The highest BCUT2D eigenvalue weighted by molar-refractivity contribution is 6.69. The maximum absolute atomic E-state index is 12.4. The lowest BCUT2D eigenvalue weighted by atomic mass is 10.1. The number of carbonyl (C=O) groups excluding carboxylic acids is 2. The fraction of sp³-hybridized carbons (Fsp3) is 0.136. The Labute approximate surface area is 188 Å². The molecule has 1 saturated heterocycles. The van der Waals surface area contributed by atoms with E-state index in [0.717, 1.165) is 0 Å². The van der Waals surface area contributed by atoms with Crippen molar-refractivity contribution in [2.45, 2.75) is 19.2 Å². The zero-order chi connectivity index (χ0) is 23.0. The van der Waals surface area contributed by atoms with Gasteiger partial charge in [0.1, 0.15) is 5.71 Å². The molecule has 1 atom stereocenters. The number of nitrogens with zero attached hydrogens (tertiary/aromatic N) is 4. The first-order chi connectivity index (χ1) is 16.1. The highest BCUT2D eigenvalue weighted by atomic mass is 16.5. The quantitative estimate of drug-likeness (QED) is 0.353. The lowest BCUT2D eigenvalue weighted by Gasteiger charge is -2.06. The molecule has 11 heteroatoms. The molecule has 0 spiro atoms. The number of hydrazone groups is 2. The van der Waals surface area contributed by atoms with Crippen molar-refractivity contribution in [3.05, 3.63) is 85.3 Å². The van der Waals surface area contributed by atoms with Gasteiger partial charge in [0, 0.05) is 24.3 Å². The van der Waals surface area contributed by atoms with E-state index in [0.29, 0.717) is 5.76 Å². The first kappa shape index (κ1) is 21.6. The average Bonchev–Trinajstić information content (AvgIpc) is 3.45. The van der Waals surface area contributed by atoms with E-state index >= 15 is 0 Å². The molecule has 1 fully saturated rings. The zero-order valence-electron chi connectivity index (χ0n) is 17.4. The summed E-state index contributed by atoms with van der Waals surface area (Å²) in [5.41, 5.74) is 4.98. The van der Waals surface area contributed by atoms with Crippen molar-refractivity contribution in [2.24, 2.45) is 10.2 Å². The van der Waals surface area contributed by atoms with Gasteiger partial charge in [0.2, 0.25) is 25.1 Å². The van der Waals surface area contributed by atoms with Gasteiger partial charge in [-0.15, -0.1) is 0 Å². The number of amides is 2. The molecule has 0 saturated carbocycles. The molecule has 3 aromatic rings.